The zero-order valence-corrected chi connectivity index (χ0v) is 39.7. The minimum atomic E-state index is -0.733. The molecule has 0 radical (unpaired) electrons. The molecule has 17 rings (SSSR count). The predicted molar refractivity (Wildman–Crippen MR) is 332 cm³/mol. The molecule has 0 amide bonds. The van der Waals surface area contributed by atoms with Gasteiger partial charge in [-0.05, 0) is 168 Å². The Bertz CT molecular complexity index is 7190. The summed E-state index contributed by atoms with van der Waals surface area (Å²) in [5.74, 6) is 0. The van der Waals surface area contributed by atoms with Gasteiger partial charge in [-0.15, -0.1) is 0 Å². The van der Waals surface area contributed by atoms with E-state index in [0.717, 1.165) is 5.39 Å². The first-order valence-electron chi connectivity index (χ1n) is 41.0. The van der Waals surface area contributed by atoms with Gasteiger partial charge in [-0.1, -0.05) is 230 Å². The van der Waals surface area contributed by atoms with Gasteiger partial charge in [0.05, 0.1) is 46.6 Å². The summed E-state index contributed by atoms with van der Waals surface area (Å²) < 4.78 is 315. The van der Waals surface area contributed by atoms with Gasteiger partial charge in [-0.3, -0.25) is 0 Å². The van der Waals surface area contributed by atoms with Gasteiger partial charge >= 0.3 is 0 Å². The van der Waals surface area contributed by atoms with Crippen molar-refractivity contribution in [2.45, 2.75) is 0 Å². The monoisotopic (exact) mass is 1020 g/mol. The number of hydrogen-bond donors (Lipinski definition) is 0. The van der Waals surface area contributed by atoms with Gasteiger partial charge < -0.3 is 8.83 Å². The van der Waals surface area contributed by atoms with E-state index in [1.807, 2.05) is 12.1 Å². The van der Waals surface area contributed by atoms with Crippen molar-refractivity contribution in [3.8, 4) is 44.5 Å². The molecule has 0 spiro atoms. The molecule has 0 atom stereocenters. The number of rotatable bonds is 4. The van der Waals surface area contributed by atoms with Crippen molar-refractivity contribution in [1.82, 2.24) is 0 Å². The van der Waals surface area contributed by atoms with Gasteiger partial charge in [-0.25, -0.2) is 0 Å². The van der Waals surface area contributed by atoms with Crippen LogP contribution in [-0.2, 0) is 0 Å². The van der Waals surface area contributed by atoms with E-state index in [4.69, 9.17) is 41.7 Å². The van der Waals surface area contributed by atoms with E-state index in [1.54, 1.807) is 60.7 Å². The Kier molecular flexibility index (Phi) is 5.01. The fourth-order valence-corrected chi connectivity index (χ4v) is 10.3. The summed E-state index contributed by atoms with van der Waals surface area (Å²) in [7, 11) is 0. The zero-order chi connectivity index (χ0) is 80.8. The van der Waals surface area contributed by atoms with Gasteiger partial charge in [0.2, 0.25) is 0 Å². The summed E-state index contributed by atoms with van der Waals surface area (Å²) in [6.45, 7) is 0. The first kappa shape index (κ1) is 22.1. The van der Waals surface area contributed by atoms with Crippen LogP contribution in [0.2, 0.25) is 0 Å². The van der Waals surface area contributed by atoms with Crippen molar-refractivity contribution >= 4 is 119 Å². The van der Waals surface area contributed by atoms with Crippen LogP contribution < -0.4 is 0 Å². The molecule has 0 saturated heterocycles. The largest absolute Gasteiger partial charge is 0.456 e. The number of fused-ring (bicyclic) bond motifs is 13. The molecule has 0 bridgehead atoms. The number of furan rings is 2. The van der Waals surface area contributed by atoms with Crippen LogP contribution in [0.4, 0.5) is 0 Å². The lowest BCUT2D eigenvalue weighted by atomic mass is 9.84. The number of hydrogen-bond acceptors (Lipinski definition) is 2. The van der Waals surface area contributed by atoms with Gasteiger partial charge in [0.1, 0.15) is 22.3 Å². The molecule has 2 heteroatoms. The van der Waals surface area contributed by atoms with Crippen LogP contribution in [0.1, 0.15) is 46.6 Å². The standard InChI is InChI=1S/C40H24O.C36H22O/c1-2-12-27-24-38-36(22-26(27)11-1)35-23-28(20-21-37(35)41-38)39-31-15-5-7-17-33(31)40(34-18-8-6-16-32(34)39)30-19-9-13-25-10-3-4-14-29(25)30;1-2-10-23(11-3-1)35-27-14-6-8-16-29(27)36(30-17-9-7-15-28(30)35)26-18-19-33-31(21-26)32-20-24-12-4-5-13-25(24)22-34(32)37-33/h1-24H;1-22H/i1D,2D,5D,6D,7D,8D,11D,12D,15D,16D,17D,18D,20D,21D,22D,23D,24D;4D,5D,6D,7D,8D,9D,12D,13D,14D,15D,16D,17D,18D,19D,20D,21D,22D. The molecule has 0 aliphatic carbocycles. The molecule has 0 N–H and O–H groups in total. The average molecular weight is 1030 g/mol. The normalized spacial score (nSPS) is 17.9. The van der Waals surface area contributed by atoms with Crippen LogP contribution >= 0.6 is 0 Å². The second kappa shape index (κ2) is 17.7. The number of benzene rings is 15. The Hall–Kier alpha value is -10.3. The molecule has 0 saturated carbocycles. The molecule has 2 aromatic heterocycles. The van der Waals surface area contributed by atoms with Crippen LogP contribution in [0.5, 0.6) is 0 Å². The molecule has 2 nitrogen and oxygen atoms in total. The van der Waals surface area contributed by atoms with Crippen molar-refractivity contribution in [3.05, 3.63) is 278 Å². The van der Waals surface area contributed by atoms with E-state index < -0.39 is 239 Å². The quantitative estimate of drug-likeness (QED) is 0.164. The maximum Gasteiger partial charge on any atom is 0.136 e. The van der Waals surface area contributed by atoms with Gasteiger partial charge in [0, 0.05) is 21.5 Å². The Morgan fingerprint density at radius 1 is 0.218 bits per heavy atom. The third-order valence-corrected chi connectivity index (χ3v) is 13.6. The Balaban J connectivity index is 0.000000170. The highest BCUT2D eigenvalue weighted by molar-refractivity contribution is 6.25. The van der Waals surface area contributed by atoms with Gasteiger partial charge in [0.25, 0.3) is 0 Å². The lowest BCUT2D eigenvalue weighted by molar-refractivity contribution is 0.669. The van der Waals surface area contributed by atoms with E-state index in [1.165, 1.54) is 0 Å². The second-order valence-electron chi connectivity index (χ2n) is 17.9. The maximum absolute atomic E-state index is 9.73. The molecule has 2 heterocycles. The van der Waals surface area contributed by atoms with Gasteiger partial charge in [0.15, 0.2) is 0 Å². The van der Waals surface area contributed by atoms with Crippen LogP contribution in [-0.4, -0.2) is 0 Å². The molecule has 78 heavy (non-hydrogen) atoms. The fraction of sp³-hybridized carbons (Fsp3) is 0. The lowest BCUT2D eigenvalue weighted by Gasteiger charge is -2.18. The van der Waals surface area contributed by atoms with Crippen molar-refractivity contribution < 1.29 is 55.4 Å². The zero-order valence-electron chi connectivity index (χ0n) is 73.7. The molecule has 15 aromatic carbocycles. The summed E-state index contributed by atoms with van der Waals surface area (Å²) >= 11 is 0. The highest BCUT2D eigenvalue weighted by atomic mass is 16.3. The summed E-state index contributed by atoms with van der Waals surface area (Å²) in [5.41, 5.74) is -2.55. The van der Waals surface area contributed by atoms with E-state index in [0.29, 0.717) is 16.5 Å². The molecular formula is C76H46O2. The summed E-state index contributed by atoms with van der Waals surface area (Å²) in [5, 5.41) is -3.13. The minimum absolute atomic E-state index is 0.0512. The maximum atomic E-state index is 9.73. The Labute approximate surface area is 497 Å². The van der Waals surface area contributed by atoms with Crippen LogP contribution in [0, 0.1) is 0 Å². The van der Waals surface area contributed by atoms with E-state index in [-0.39, 0.29) is 108 Å². The van der Waals surface area contributed by atoms with E-state index in [2.05, 4.69) is 0 Å². The topological polar surface area (TPSA) is 26.3 Å². The van der Waals surface area contributed by atoms with Crippen molar-refractivity contribution in [2.24, 2.45) is 0 Å². The third-order valence-electron chi connectivity index (χ3n) is 13.6. The SMILES string of the molecule is [2H]c1c(-c2c3c([2H])c([2H])c([2H])c([2H])c3c(-c3cccc4ccccc34)c3c([2H])c([2H])c([2H])c([2H])c23)c([2H])c2c(oc3c([2H])c4c([2H])c([2H])c([2H])c([2H])c4c([2H])c32)c1[2H].[2H]c1c(-c2c3c([2H])c([2H])c([2H])c([2H])c3c(-c3ccccc3)c3c([2H])c([2H])c([2H])c([2H])c23)c([2H])c2c(oc3c([2H])c4c([2H])c([2H])c([2H])c([2H])c4c([2H])c32)c1[2H]. The van der Waals surface area contributed by atoms with Crippen LogP contribution in [0.25, 0.3) is 164 Å². The van der Waals surface area contributed by atoms with E-state index in [9.17, 15) is 13.7 Å². The molecule has 0 unspecified atom stereocenters. The van der Waals surface area contributed by atoms with E-state index >= 15 is 0 Å². The predicted octanol–water partition coefficient (Wildman–Crippen LogP) is 21.9. The molecule has 0 fully saturated rings. The Morgan fingerprint density at radius 3 is 1.04 bits per heavy atom. The highest BCUT2D eigenvalue weighted by Crippen LogP contribution is 2.48. The van der Waals surface area contributed by atoms with Crippen LogP contribution in [0.3, 0.4) is 0 Å². The van der Waals surface area contributed by atoms with Crippen LogP contribution in [0.15, 0.2) is 287 Å². The molecular weight excluding hydrogens is 945 g/mol. The lowest BCUT2D eigenvalue weighted by Crippen LogP contribution is -1.91. The smallest absolute Gasteiger partial charge is 0.136 e. The summed E-state index contributed by atoms with van der Waals surface area (Å²) in [6, 6.07) is -1.26. The van der Waals surface area contributed by atoms with Crippen molar-refractivity contribution in [3.63, 3.8) is 0 Å². The molecule has 17 aromatic rings. The summed E-state index contributed by atoms with van der Waals surface area (Å²) in [6.07, 6.45) is 0. The second-order valence-corrected chi connectivity index (χ2v) is 17.9. The first-order chi connectivity index (χ1) is 52.9. The highest BCUT2D eigenvalue weighted by Gasteiger charge is 2.21. The van der Waals surface area contributed by atoms with Crippen molar-refractivity contribution in [2.75, 3.05) is 0 Å². The first-order valence-corrected chi connectivity index (χ1v) is 24.0. The average Bonchev–Trinajstić information content (AvgIpc) is 1.07. The Morgan fingerprint density at radius 2 is 0.577 bits per heavy atom. The molecule has 0 aliphatic heterocycles. The minimum Gasteiger partial charge on any atom is -0.456 e. The molecule has 0 aliphatic rings. The molecule has 362 valence electrons. The van der Waals surface area contributed by atoms with Gasteiger partial charge in [-0.2, -0.15) is 0 Å². The van der Waals surface area contributed by atoms with Crippen molar-refractivity contribution in [1.29, 1.82) is 0 Å². The fourth-order valence-electron chi connectivity index (χ4n) is 10.3. The summed E-state index contributed by atoms with van der Waals surface area (Å²) in [4.78, 5) is 0. The third kappa shape index (κ3) is 6.97.